The van der Waals surface area contributed by atoms with E-state index in [2.05, 4.69) is 15.5 Å². The van der Waals surface area contributed by atoms with Gasteiger partial charge in [0.05, 0.1) is 0 Å². The Hall–Kier alpha value is -1.75. The van der Waals surface area contributed by atoms with E-state index in [1.807, 2.05) is 17.7 Å². The number of rotatable bonds is 4. The quantitative estimate of drug-likeness (QED) is 0.911. The van der Waals surface area contributed by atoms with E-state index in [0.717, 1.165) is 42.8 Å². The lowest BCUT2D eigenvalue weighted by Gasteiger charge is -2.13. The average Bonchev–Trinajstić information content (AvgIpc) is 2.98. The van der Waals surface area contributed by atoms with Crippen LogP contribution in [0.25, 0.3) is 0 Å². The second-order valence-corrected chi connectivity index (χ2v) is 4.96. The smallest absolute Gasteiger partial charge is 0.133 e. The van der Waals surface area contributed by atoms with Gasteiger partial charge in [0.15, 0.2) is 0 Å². The molecule has 0 radical (unpaired) electrons. The number of benzene rings is 1. The van der Waals surface area contributed by atoms with Crippen molar-refractivity contribution in [3.63, 3.8) is 0 Å². The number of aryl methyl sites for hydroxylation is 1. The van der Waals surface area contributed by atoms with Crippen molar-refractivity contribution >= 4 is 0 Å². The summed E-state index contributed by atoms with van der Waals surface area (Å²) in [6, 6.07) is 5.61. The zero-order valence-electron chi connectivity index (χ0n) is 10.9. The van der Waals surface area contributed by atoms with Crippen LogP contribution in [0.2, 0.25) is 0 Å². The zero-order chi connectivity index (χ0) is 13.2. The standard InChI is InChI=1S/C14H17FN4/c1-19-9-17-18-14(19)7-8-16-13-6-5-10-11(13)3-2-4-12(10)15/h2-4,9,13,16H,5-8H2,1H3. The molecule has 0 aliphatic heterocycles. The molecule has 1 aliphatic rings. The fraction of sp³-hybridized carbons (Fsp3) is 0.429. The van der Waals surface area contributed by atoms with Gasteiger partial charge >= 0.3 is 0 Å². The van der Waals surface area contributed by atoms with Crippen LogP contribution in [0.15, 0.2) is 24.5 Å². The Morgan fingerprint density at radius 1 is 1.47 bits per heavy atom. The van der Waals surface area contributed by atoms with Crippen LogP contribution in [0.5, 0.6) is 0 Å². The van der Waals surface area contributed by atoms with E-state index in [-0.39, 0.29) is 11.9 Å². The summed E-state index contributed by atoms with van der Waals surface area (Å²) in [4.78, 5) is 0. The molecule has 3 rings (SSSR count). The summed E-state index contributed by atoms with van der Waals surface area (Å²) >= 11 is 0. The maximum absolute atomic E-state index is 13.6. The summed E-state index contributed by atoms with van der Waals surface area (Å²) in [5, 5.41) is 11.4. The second-order valence-electron chi connectivity index (χ2n) is 4.96. The molecule has 100 valence electrons. The molecule has 1 atom stereocenters. The normalized spacial score (nSPS) is 17.7. The van der Waals surface area contributed by atoms with Gasteiger partial charge in [-0.1, -0.05) is 12.1 Å². The maximum atomic E-state index is 13.6. The SMILES string of the molecule is Cn1cnnc1CCNC1CCc2c(F)cccc21. The molecule has 1 unspecified atom stereocenters. The van der Waals surface area contributed by atoms with Crippen LogP contribution in [0.4, 0.5) is 4.39 Å². The lowest BCUT2D eigenvalue weighted by atomic mass is 10.1. The molecule has 1 aliphatic carbocycles. The lowest BCUT2D eigenvalue weighted by molar-refractivity contribution is 0.525. The van der Waals surface area contributed by atoms with Crippen molar-refractivity contribution in [1.82, 2.24) is 20.1 Å². The van der Waals surface area contributed by atoms with Crippen molar-refractivity contribution in [2.75, 3.05) is 6.54 Å². The fourth-order valence-electron chi connectivity index (χ4n) is 2.71. The van der Waals surface area contributed by atoms with Gasteiger partial charge in [0.2, 0.25) is 0 Å². The Bertz CT molecular complexity index is 579. The Morgan fingerprint density at radius 2 is 2.37 bits per heavy atom. The second kappa shape index (κ2) is 5.09. The Balaban J connectivity index is 1.61. The molecule has 0 amide bonds. The van der Waals surface area contributed by atoms with Gasteiger partial charge in [-0.15, -0.1) is 10.2 Å². The zero-order valence-corrected chi connectivity index (χ0v) is 10.9. The van der Waals surface area contributed by atoms with Crippen LogP contribution >= 0.6 is 0 Å². The molecular formula is C14H17FN4. The molecule has 4 nitrogen and oxygen atoms in total. The van der Waals surface area contributed by atoms with Crippen molar-refractivity contribution in [1.29, 1.82) is 0 Å². The van der Waals surface area contributed by atoms with Gasteiger partial charge in [0.1, 0.15) is 18.0 Å². The molecule has 0 saturated carbocycles. The molecule has 1 aromatic carbocycles. The van der Waals surface area contributed by atoms with E-state index in [0.29, 0.717) is 0 Å². The van der Waals surface area contributed by atoms with Gasteiger partial charge in [-0.3, -0.25) is 0 Å². The number of halogens is 1. The summed E-state index contributed by atoms with van der Waals surface area (Å²) in [7, 11) is 1.94. The number of fused-ring (bicyclic) bond motifs is 1. The van der Waals surface area contributed by atoms with Crippen molar-refractivity contribution in [2.45, 2.75) is 25.3 Å². The largest absolute Gasteiger partial charge is 0.321 e. The fourth-order valence-corrected chi connectivity index (χ4v) is 2.71. The average molecular weight is 260 g/mol. The highest BCUT2D eigenvalue weighted by molar-refractivity contribution is 5.35. The van der Waals surface area contributed by atoms with E-state index in [1.165, 1.54) is 0 Å². The van der Waals surface area contributed by atoms with E-state index in [4.69, 9.17) is 0 Å². The number of nitrogens with zero attached hydrogens (tertiary/aromatic N) is 3. The van der Waals surface area contributed by atoms with Crippen LogP contribution in [0, 0.1) is 5.82 Å². The number of nitrogens with one attached hydrogen (secondary N) is 1. The summed E-state index contributed by atoms with van der Waals surface area (Å²) in [5.41, 5.74) is 1.98. The summed E-state index contributed by atoms with van der Waals surface area (Å²) in [6.07, 6.45) is 4.33. The van der Waals surface area contributed by atoms with Crippen LogP contribution in [-0.2, 0) is 19.9 Å². The molecule has 1 heterocycles. The third kappa shape index (κ3) is 2.38. The first kappa shape index (κ1) is 12.3. The van der Waals surface area contributed by atoms with Gasteiger partial charge < -0.3 is 9.88 Å². The van der Waals surface area contributed by atoms with Crippen molar-refractivity contribution in [3.8, 4) is 0 Å². The summed E-state index contributed by atoms with van der Waals surface area (Å²) in [6.45, 7) is 0.827. The summed E-state index contributed by atoms with van der Waals surface area (Å²) in [5.74, 6) is 0.889. The highest BCUT2D eigenvalue weighted by Gasteiger charge is 2.24. The Morgan fingerprint density at radius 3 is 3.16 bits per heavy atom. The Kier molecular flexibility index (Phi) is 3.29. The van der Waals surface area contributed by atoms with Crippen molar-refractivity contribution < 1.29 is 4.39 Å². The van der Waals surface area contributed by atoms with Gasteiger partial charge in [-0.2, -0.15) is 0 Å². The van der Waals surface area contributed by atoms with Crippen LogP contribution in [0.1, 0.15) is 29.4 Å². The molecule has 0 saturated heterocycles. The number of hydrogen-bond donors (Lipinski definition) is 1. The topological polar surface area (TPSA) is 42.7 Å². The Labute approximate surface area is 111 Å². The van der Waals surface area contributed by atoms with Crippen LogP contribution in [0.3, 0.4) is 0 Å². The molecule has 2 aromatic rings. The van der Waals surface area contributed by atoms with E-state index < -0.39 is 0 Å². The first-order chi connectivity index (χ1) is 9.25. The minimum Gasteiger partial charge on any atom is -0.321 e. The highest BCUT2D eigenvalue weighted by atomic mass is 19.1. The minimum absolute atomic E-state index is 0.0740. The molecular weight excluding hydrogens is 243 g/mol. The van der Waals surface area contributed by atoms with Gasteiger partial charge in [0, 0.05) is 26.1 Å². The minimum atomic E-state index is -0.0740. The first-order valence-corrected chi connectivity index (χ1v) is 6.59. The molecule has 0 bridgehead atoms. The molecule has 19 heavy (non-hydrogen) atoms. The summed E-state index contributed by atoms with van der Waals surface area (Å²) < 4.78 is 15.5. The van der Waals surface area contributed by atoms with E-state index >= 15 is 0 Å². The third-order valence-electron chi connectivity index (χ3n) is 3.76. The lowest BCUT2D eigenvalue weighted by Crippen LogP contribution is -2.22. The van der Waals surface area contributed by atoms with E-state index in [9.17, 15) is 4.39 Å². The van der Waals surface area contributed by atoms with Crippen LogP contribution in [-0.4, -0.2) is 21.3 Å². The molecule has 0 fully saturated rings. The van der Waals surface area contributed by atoms with Crippen molar-refractivity contribution in [2.24, 2.45) is 7.05 Å². The number of aromatic nitrogens is 3. The van der Waals surface area contributed by atoms with Gasteiger partial charge in [-0.25, -0.2) is 4.39 Å². The monoisotopic (exact) mass is 260 g/mol. The van der Waals surface area contributed by atoms with E-state index in [1.54, 1.807) is 18.5 Å². The maximum Gasteiger partial charge on any atom is 0.133 e. The highest BCUT2D eigenvalue weighted by Crippen LogP contribution is 2.32. The predicted octanol–water partition coefficient (Wildman–Crippen LogP) is 1.77. The molecule has 1 N–H and O–H groups in total. The predicted molar refractivity (Wildman–Crippen MR) is 70.2 cm³/mol. The van der Waals surface area contributed by atoms with Gasteiger partial charge in [-0.05, 0) is 30.0 Å². The number of hydrogen-bond acceptors (Lipinski definition) is 3. The van der Waals surface area contributed by atoms with Gasteiger partial charge in [0.25, 0.3) is 0 Å². The molecule has 0 spiro atoms. The molecule has 1 aromatic heterocycles. The first-order valence-electron chi connectivity index (χ1n) is 6.59. The van der Waals surface area contributed by atoms with Crippen molar-refractivity contribution in [3.05, 3.63) is 47.3 Å². The van der Waals surface area contributed by atoms with Crippen LogP contribution < -0.4 is 5.32 Å². The third-order valence-corrected chi connectivity index (χ3v) is 3.76. The molecule has 5 heteroatoms.